The van der Waals surface area contributed by atoms with Crippen LogP contribution in [0.5, 0.6) is 0 Å². The average Bonchev–Trinajstić information content (AvgIpc) is 3.36. The minimum absolute atomic E-state index is 0.0252. The standard InChI is InChI=1S/C27H29N5OS/c33-26(18-34-27-30-16-23(17-31-27)20-5-2-1-3-6-20)32-25(22-7-4-11-28-15-22)14-19-8-9-21-10-12-29-24(21)13-19/h1-3,5-6,8-10,12-13,16-17,22,25,28-29H,4,7,11,14-15,18H2,(H,32,33). The maximum atomic E-state index is 12.9. The van der Waals surface area contributed by atoms with E-state index in [-0.39, 0.29) is 11.9 Å². The summed E-state index contributed by atoms with van der Waals surface area (Å²) in [5.74, 6) is 0.748. The lowest BCUT2D eigenvalue weighted by Gasteiger charge is -2.31. The molecule has 0 saturated carbocycles. The number of benzene rings is 2. The number of thioether (sulfide) groups is 1. The second-order valence-corrected chi connectivity index (χ2v) is 9.74. The molecule has 2 aromatic heterocycles. The molecule has 3 heterocycles. The summed E-state index contributed by atoms with van der Waals surface area (Å²) in [6, 6.07) is 18.7. The number of carbonyl (C=O) groups excluding carboxylic acids is 1. The highest BCUT2D eigenvalue weighted by Crippen LogP contribution is 2.22. The number of nitrogens with zero attached hydrogens (tertiary/aromatic N) is 2. The molecule has 0 bridgehead atoms. The van der Waals surface area contributed by atoms with E-state index in [4.69, 9.17) is 0 Å². The second kappa shape index (κ2) is 10.8. The first-order chi connectivity index (χ1) is 16.7. The quantitative estimate of drug-likeness (QED) is 0.261. The number of hydrogen-bond donors (Lipinski definition) is 3. The average molecular weight is 472 g/mol. The van der Waals surface area contributed by atoms with Crippen LogP contribution in [0.1, 0.15) is 18.4 Å². The summed E-state index contributed by atoms with van der Waals surface area (Å²) in [6.45, 7) is 1.99. The van der Waals surface area contributed by atoms with E-state index < -0.39 is 0 Å². The number of aromatic nitrogens is 3. The third kappa shape index (κ3) is 5.66. The van der Waals surface area contributed by atoms with Gasteiger partial charge in [0.1, 0.15) is 0 Å². The third-order valence-corrected chi connectivity index (χ3v) is 7.27. The van der Waals surface area contributed by atoms with Crippen molar-refractivity contribution in [3.05, 3.63) is 78.8 Å². The molecule has 5 rings (SSSR count). The zero-order chi connectivity index (χ0) is 23.2. The largest absolute Gasteiger partial charge is 0.361 e. The fourth-order valence-electron chi connectivity index (χ4n) is 4.58. The lowest BCUT2D eigenvalue weighted by Crippen LogP contribution is -2.48. The molecule has 0 spiro atoms. The molecular weight excluding hydrogens is 442 g/mol. The van der Waals surface area contributed by atoms with Crippen molar-refractivity contribution in [1.82, 2.24) is 25.6 Å². The lowest BCUT2D eigenvalue weighted by atomic mass is 9.87. The molecule has 1 aliphatic rings. The molecule has 2 aromatic carbocycles. The summed E-state index contributed by atoms with van der Waals surface area (Å²) < 4.78 is 0. The van der Waals surface area contributed by atoms with Crippen molar-refractivity contribution in [3.63, 3.8) is 0 Å². The Morgan fingerprint density at radius 3 is 2.74 bits per heavy atom. The van der Waals surface area contributed by atoms with Crippen LogP contribution in [-0.4, -0.2) is 45.7 Å². The number of H-pyrrole nitrogens is 1. The van der Waals surface area contributed by atoms with E-state index in [9.17, 15) is 4.79 Å². The van der Waals surface area contributed by atoms with Crippen molar-refractivity contribution in [2.24, 2.45) is 5.92 Å². The monoisotopic (exact) mass is 471 g/mol. The number of nitrogens with one attached hydrogen (secondary N) is 3. The van der Waals surface area contributed by atoms with Crippen molar-refractivity contribution in [2.75, 3.05) is 18.8 Å². The van der Waals surface area contributed by atoms with Crippen LogP contribution in [0.15, 0.2) is 78.3 Å². The Labute approximate surface area is 204 Å². The third-order valence-electron chi connectivity index (χ3n) is 6.39. The molecule has 3 N–H and O–H groups in total. The van der Waals surface area contributed by atoms with E-state index in [0.29, 0.717) is 16.8 Å². The van der Waals surface area contributed by atoms with Gasteiger partial charge in [-0.3, -0.25) is 4.79 Å². The first kappa shape index (κ1) is 22.6. The number of carbonyl (C=O) groups is 1. The van der Waals surface area contributed by atoms with Crippen LogP contribution in [0, 0.1) is 5.92 Å². The molecule has 0 aliphatic carbocycles. The van der Waals surface area contributed by atoms with Crippen molar-refractivity contribution < 1.29 is 4.79 Å². The first-order valence-electron chi connectivity index (χ1n) is 11.8. The Morgan fingerprint density at radius 2 is 1.94 bits per heavy atom. The van der Waals surface area contributed by atoms with Gasteiger partial charge in [-0.2, -0.15) is 0 Å². The zero-order valence-electron chi connectivity index (χ0n) is 19.0. The van der Waals surface area contributed by atoms with Crippen LogP contribution >= 0.6 is 11.8 Å². The zero-order valence-corrected chi connectivity index (χ0v) is 19.9. The van der Waals surface area contributed by atoms with E-state index in [1.165, 1.54) is 22.7 Å². The van der Waals surface area contributed by atoms with E-state index in [0.717, 1.165) is 49.0 Å². The first-order valence-corrected chi connectivity index (χ1v) is 12.8. The maximum absolute atomic E-state index is 12.9. The van der Waals surface area contributed by atoms with Crippen molar-refractivity contribution in [1.29, 1.82) is 0 Å². The van der Waals surface area contributed by atoms with E-state index in [2.05, 4.69) is 49.9 Å². The Morgan fingerprint density at radius 1 is 1.09 bits per heavy atom. The summed E-state index contributed by atoms with van der Waals surface area (Å²) in [4.78, 5) is 25.1. The van der Waals surface area contributed by atoms with Crippen LogP contribution in [-0.2, 0) is 11.2 Å². The number of aromatic amines is 1. The topological polar surface area (TPSA) is 82.7 Å². The van der Waals surface area contributed by atoms with Crippen molar-refractivity contribution in [2.45, 2.75) is 30.5 Å². The van der Waals surface area contributed by atoms with Gasteiger partial charge in [0.25, 0.3) is 0 Å². The summed E-state index contributed by atoms with van der Waals surface area (Å²) in [5.41, 5.74) is 4.42. The normalized spacial score (nSPS) is 16.9. The van der Waals surface area contributed by atoms with Gasteiger partial charge in [-0.15, -0.1) is 0 Å². The van der Waals surface area contributed by atoms with Gasteiger partial charge in [-0.1, -0.05) is 54.2 Å². The molecule has 34 heavy (non-hydrogen) atoms. The minimum Gasteiger partial charge on any atom is -0.361 e. The molecule has 1 aliphatic heterocycles. The molecule has 4 aromatic rings. The highest BCUT2D eigenvalue weighted by molar-refractivity contribution is 7.99. The van der Waals surface area contributed by atoms with E-state index >= 15 is 0 Å². The fraction of sp³-hybridized carbons (Fsp3) is 0.296. The number of fused-ring (bicyclic) bond motifs is 1. The van der Waals surface area contributed by atoms with E-state index in [1.54, 1.807) is 0 Å². The molecule has 1 saturated heterocycles. The lowest BCUT2D eigenvalue weighted by molar-refractivity contribution is -0.119. The Bertz CT molecular complexity index is 1220. The Hall–Kier alpha value is -3.16. The molecule has 0 radical (unpaired) electrons. The molecular formula is C27H29N5OS. The van der Waals surface area contributed by atoms with Crippen molar-refractivity contribution >= 4 is 28.6 Å². The van der Waals surface area contributed by atoms with Gasteiger partial charge in [0.15, 0.2) is 5.16 Å². The van der Waals surface area contributed by atoms with Crippen LogP contribution in [0.2, 0.25) is 0 Å². The van der Waals surface area contributed by atoms with Gasteiger partial charge in [0.05, 0.1) is 5.75 Å². The predicted molar refractivity (Wildman–Crippen MR) is 138 cm³/mol. The number of rotatable bonds is 8. The van der Waals surface area contributed by atoms with E-state index in [1.807, 2.05) is 48.9 Å². The summed E-state index contributed by atoms with van der Waals surface area (Å²) in [7, 11) is 0. The molecule has 7 heteroatoms. The van der Waals surface area contributed by atoms with Gasteiger partial charge in [0, 0.05) is 35.7 Å². The Balaban J connectivity index is 1.21. The highest BCUT2D eigenvalue weighted by atomic mass is 32.2. The van der Waals surface area contributed by atoms with Gasteiger partial charge in [0.2, 0.25) is 5.91 Å². The minimum atomic E-state index is 0.0252. The van der Waals surface area contributed by atoms with Gasteiger partial charge >= 0.3 is 0 Å². The fourth-order valence-corrected chi connectivity index (χ4v) is 5.18. The predicted octanol–water partition coefficient (Wildman–Crippen LogP) is 4.44. The van der Waals surface area contributed by atoms with Crippen LogP contribution in [0.25, 0.3) is 22.0 Å². The van der Waals surface area contributed by atoms with Gasteiger partial charge in [-0.05, 0) is 66.9 Å². The summed E-state index contributed by atoms with van der Waals surface area (Å²) >= 11 is 1.38. The molecule has 6 nitrogen and oxygen atoms in total. The smallest absolute Gasteiger partial charge is 0.230 e. The number of hydrogen-bond acceptors (Lipinski definition) is 5. The summed E-state index contributed by atoms with van der Waals surface area (Å²) in [6.07, 6.45) is 8.68. The van der Waals surface area contributed by atoms with Crippen LogP contribution in [0.3, 0.4) is 0 Å². The van der Waals surface area contributed by atoms with Crippen LogP contribution < -0.4 is 10.6 Å². The molecule has 174 valence electrons. The number of amides is 1. The van der Waals surface area contributed by atoms with Crippen molar-refractivity contribution in [3.8, 4) is 11.1 Å². The number of piperidine rings is 1. The van der Waals surface area contributed by atoms with Crippen LogP contribution in [0.4, 0.5) is 0 Å². The molecule has 2 atom stereocenters. The van der Waals surface area contributed by atoms with Gasteiger partial charge < -0.3 is 15.6 Å². The van der Waals surface area contributed by atoms with Gasteiger partial charge in [-0.25, -0.2) is 9.97 Å². The SMILES string of the molecule is O=C(CSc1ncc(-c2ccccc2)cn1)NC(Cc1ccc2cc[nH]c2c1)C1CCCNC1. The highest BCUT2D eigenvalue weighted by Gasteiger charge is 2.25. The molecule has 1 fully saturated rings. The Kier molecular flexibility index (Phi) is 7.22. The molecule has 1 amide bonds. The maximum Gasteiger partial charge on any atom is 0.230 e. The second-order valence-electron chi connectivity index (χ2n) is 8.79. The molecule has 2 unspecified atom stereocenters. The summed E-state index contributed by atoms with van der Waals surface area (Å²) in [5, 5.41) is 8.63.